The number of para-hydroxylation sites is 1. The van der Waals surface area contributed by atoms with Gasteiger partial charge in [0.05, 0.1) is 18.2 Å². The second kappa shape index (κ2) is 6.35. The summed E-state index contributed by atoms with van der Waals surface area (Å²) < 4.78 is 12.7. The van der Waals surface area contributed by atoms with Crippen molar-refractivity contribution in [2.24, 2.45) is 0 Å². The van der Waals surface area contributed by atoms with Gasteiger partial charge in [-0.3, -0.25) is 14.2 Å². The van der Waals surface area contributed by atoms with E-state index in [1.807, 2.05) is 30.3 Å². The van der Waals surface area contributed by atoms with Gasteiger partial charge in [0.15, 0.2) is 5.39 Å². The Bertz CT molecular complexity index is 1410. The summed E-state index contributed by atoms with van der Waals surface area (Å²) in [5.74, 6) is 0.999. The SMILES string of the molecule is O=c1c2ccccc2oc2nc(-c3ccccc3)n(Cc3ccco3)c(=O)c12. The van der Waals surface area contributed by atoms with E-state index in [1.54, 1.807) is 42.7 Å². The highest BCUT2D eigenvalue weighted by atomic mass is 16.3. The predicted molar refractivity (Wildman–Crippen MR) is 105 cm³/mol. The van der Waals surface area contributed by atoms with Gasteiger partial charge in [0.2, 0.25) is 11.1 Å². The molecule has 5 rings (SSSR count). The van der Waals surface area contributed by atoms with Gasteiger partial charge in [0.1, 0.15) is 17.2 Å². The molecule has 5 aromatic rings. The number of hydrogen-bond acceptors (Lipinski definition) is 5. The van der Waals surface area contributed by atoms with Crippen molar-refractivity contribution in [2.75, 3.05) is 0 Å². The van der Waals surface area contributed by atoms with Gasteiger partial charge >= 0.3 is 0 Å². The van der Waals surface area contributed by atoms with E-state index in [4.69, 9.17) is 8.83 Å². The Balaban J connectivity index is 1.90. The molecule has 0 atom stereocenters. The summed E-state index contributed by atoms with van der Waals surface area (Å²) in [6, 6.07) is 19.7. The minimum absolute atomic E-state index is 0.0308. The standard InChI is InChI=1S/C22H14N2O4/c25-19-16-10-4-5-11-17(16)28-21-18(19)22(26)24(13-15-9-6-12-27-15)20(23-21)14-7-2-1-3-8-14/h1-12H,13H2. The van der Waals surface area contributed by atoms with Crippen LogP contribution in [-0.4, -0.2) is 9.55 Å². The van der Waals surface area contributed by atoms with Crippen molar-refractivity contribution < 1.29 is 8.83 Å². The highest BCUT2D eigenvalue weighted by Crippen LogP contribution is 2.21. The van der Waals surface area contributed by atoms with Crippen LogP contribution in [0, 0.1) is 0 Å². The fourth-order valence-electron chi connectivity index (χ4n) is 3.30. The van der Waals surface area contributed by atoms with Gasteiger partial charge in [-0.1, -0.05) is 42.5 Å². The first-order valence-corrected chi connectivity index (χ1v) is 8.76. The molecule has 2 aromatic carbocycles. The molecule has 0 aliphatic heterocycles. The lowest BCUT2D eigenvalue weighted by Crippen LogP contribution is -2.27. The van der Waals surface area contributed by atoms with E-state index in [0.29, 0.717) is 22.6 Å². The van der Waals surface area contributed by atoms with E-state index in [9.17, 15) is 9.59 Å². The van der Waals surface area contributed by atoms with E-state index in [-0.39, 0.29) is 23.1 Å². The van der Waals surface area contributed by atoms with Crippen molar-refractivity contribution in [1.82, 2.24) is 9.55 Å². The monoisotopic (exact) mass is 370 g/mol. The molecule has 0 bridgehead atoms. The number of hydrogen-bond donors (Lipinski definition) is 0. The third-order valence-corrected chi connectivity index (χ3v) is 4.63. The normalized spacial score (nSPS) is 11.3. The highest BCUT2D eigenvalue weighted by Gasteiger charge is 2.19. The van der Waals surface area contributed by atoms with E-state index in [1.165, 1.54) is 4.57 Å². The summed E-state index contributed by atoms with van der Waals surface area (Å²) in [5, 5.41) is 0.288. The fraction of sp³-hybridized carbons (Fsp3) is 0.0455. The van der Waals surface area contributed by atoms with Gasteiger partial charge in [-0.15, -0.1) is 0 Å². The van der Waals surface area contributed by atoms with Crippen molar-refractivity contribution in [3.8, 4) is 11.4 Å². The lowest BCUT2D eigenvalue weighted by Gasteiger charge is -2.12. The molecule has 28 heavy (non-hydrogen) atoms. The van der Waals surface area contributed by atoms with E-state index < -0.39 is 5.56 Å². The second-order valence-corrected chi connectivity index (χ2v) is 6.38. The zero-order valence-corrected chi connectivity index (χ0v) is 14.7. The maximum Gasteiger partial charge on any atom is 0.269 e. The highest BCUT2D eigenvalue weighted by molar-refractivity contribution is 5.88. The molecule has 0 amide bonds. The van der Waals surface area contributed by atoms with E-state index >= 15 is 0 Å². The predicted octanol–water partition coefficient (Wildman–Crippen LogP) is 3.81. The number of furan rings is 1. The van der Waals surface area contributed by atoms with Gasteiger partial charge in [-0.2, -0.15) is 4.98 Å². The quantitative estimate of drug-likeness (QED) is 0.451. The number of rotatable bonds is 3. The van der Waals surface area contributed by atoms with Crippen LogP contribution in [0.25, 0.3) is 33.5 Å². The Kier molecular flexibility index (Phi) is 3.69. The minimum Gasteiger partial charge on any atom is -0.467 e. The molecule has 0 N–H and O–H groups in total. The summed E-state index contributed by atoms with van der Waals surface area (Å²) in [5.41, 5.74) is 0.323. The average Bonchev–Trinajstić information content (AvgIpc) is 3.24. The van der Waals surface area contributed by atoms with Crippen LogP contribution in [-0.2, 0) is 6.54 Å². The largest absolute Gasteiger partial charge is 0.467 e. The lowest BCUT2D eigenvalue weighted by molar-refractivity contribution is 0.489. The summed E-state index contributed by atoms with van der Waals surface area (Å²) >= 11 is 0. The smallest absolute Gasteiger partial charge is 0.269 e. The maximum atomic E-state index is 13.3. The molecule has 0 radical (unpaired) electrons. The number of benzene rings is 2. The summed E-state index contributed by atoms with van der Waals surface area (Å²) in [6.45, 7) is 0.158. The van der Waals surface area contributed by atoms with Gasteiger partial charge < -0.3 is 8.83 Å². The van der Waals surface area contributed by atoms with Crippen molar-refractivity contribution in [3.05, 3.63) is 99.3 Å². The molecule has 3 aromatic heterocycles. The first-order valence-electron chi connectivity index (χ1n) is 8.76. The molecule has 6 heteroatoms. The Hall–Kier alpha value is -3.93. The molecule has 3 heterocycles. The van der Waals surface area contributed by atoms with E-state index in [0.717, 1.165) is 5.56 Å². The van der Waals surface area contributed by atoms with Crippen molar-refractivity contribution in [3.63, 3.8) is 0 Å². The molecular formula is C22H14N2O4. The second-order valence-electron chi connectivity index (χ2n) is 6.38. The average molecular weight is 370 g/mol. The summed E-state index contributed by atoms with van der Waals surface area (Å²) in [7, 11) is 0. The number of aromatic nitrogens is 2. The van der Waals surface area contributed by atoms with Gasteiger partial charge in [-0.05, 0) is 24.3 Å². The van der Waals surface area contributed by atoms with Crippen molar-refractivity contribution >= 4 is 22.1 Å². The van der Waals surface area contributed by atoms with Crippen LogP contribution in [0.1, 0.15) is 5.76 Å². The zero-order chi connectivity index (χ0) is 19.1. The number of nitrogens with zero attached hydrogens (tertiary/aromatic N) is 2. The molecule has 136 valence electrons. The van der Waals surface area contributed by atoms with Crippen LogP contribution in [0.2, 0.25) is 0 Å². The Morgan fingerprint density at radius 1 is 0.893 bits per heavy atom. The topological polar surface area (TPSA) is 78.2 Å². The van der Waals surface area contributed by atoms with Crippen LogP contribution in [0.4, 0.5) is 0 Å². The van der Waals surface area contributed by atoms with Gasteiger partial charge in [-0.25, -0.2) is 0 Å². The maximum absolute atomic E-state index is 13.3. The molecule has 0 aliphatic rings. The molecule has 0 fully saturated rings. The van der Waals surface area contributed by atoms with Crippen LogP contribution in [0.15, 0.2) is 91.4 Å². The zero-order valence-electron chi connectivity index (χ0n) is 14.7. The first-order chi connectivity index (χ1) is 13.7. The minimum atomic E-state index is -0.459. The molecule has 0 spiro atoms. The third kappa shape index (κ3) is 2.54. The molecule has 6 nitrogen and oxygen atoms in total. The molecule has 0 saturated heterocycles. The summed E-state index contributed by atoms with van der Waals surface area (Å²) in [4.78, 5) is 30.9. The van der Waals surface area contributed by atoms with Crippen LogP contribution in [0.3, 0.4) is 0 Å². The molecule has 0 aliphatic carbocycles. The summed E-state index contributed by atoms with van der Waals surface area (Å²) in [6.07, 6.45) is 1.54. The van der Waals surface area contributed by atoms with Gasteiger partial charge in [0.25, 0.3) is 5.56 Å². The third-order valence-electron chi connectivity index (χ3n) is 4.63. The van der Waals surface area contributed by atoms with Crippen molar-refractivity contribution in [1.29, 1.82) is 0 Å². The number of fused-ring (bicyclic) bond motifs is 2. The van der Waals surface area contributed by atoms with Crippen LogP contribution in [0.5, 0.6) is 0 Å². The molecule has 0 unspecified atom stereocenters. The Morgan fingerprint density at radius 2 is 1.68 bits per heavy atom. The van der Waals surface area contributed by atoms with Crippen LogP contribution >= 0.6 is 0 Å². The lowest BCUT2D eigenvalue weighted by atomic mass is 10.1. The van der Waals surface area contributed by atoms with Crippen LogP contribution < -0.4 is 11.0 Å². The Morgan fingerprint density at radius 3 is 2.46 bits per heavy atom. The van der Waals surface area contributed by atoms with E-state index in [2.05, 4.69) is 4.98 Å². The Labute approximate surface area is 158 Å². The van der Waals surface area contributed by atoms with Gasteiger partial charge in [0, 0.05) is 5.56 Å². The molecular weight excluding hydrogens is 356 g/mol. The van der Waals surface area contributed by atoms with Crippen molar-refractivity contribution in [2.45, 2.75) is 6.54 Å². The molecule has 0 saturated carbocycles. The fourth-order valence-corrected chi connectivity index (χ4v) is 3.30. The first kappa shape index (κ1) is 16.3.